The van der Waals surface area contributed by atoms with Gasteiger partial charge in [-0.05, 0) is 24.4 Å². The van der Waals surface area contributed by atoms with E-state index in [-0.39, 0.29) is 6.61 Å². The Morgan fingerprint density at radius 3 is 2.81 bits per heavy atom. The molecule has 0 bridgehead atoms. The molecule has 27 heavy (non-hydrogen) atoms. The molecule has 0 radical (unpaired) electrons. The third-order valence-electron chi connectivity index (χ3n) is 4.38. The Bertz CT molecular complexity index is 715. The van der Waals surface area contributed by atoms with Crippen LogP contribution >= 0.6 is 0 Å². The maximum atomic E-state index is 12.0. The number of amides is 1. The second kappa shape index (κ2) is 11.1. The van der Waals surface area contributed by atoms with Crippen LogP contribution in [0.5, 0.6) is 0 Å². The van der Waals surface area contributed by atoms with Crippen LogP contribution in [0, 0.1) is 5.92 Å². The molecule has 0 spiro atoms. The average Bonchev–Trinajstić information content (AvgIpc) is 3.01. The molecule has 1 aromatic carbocycles. The molecule has 1 atom stereocenters. The van der Waals surface area contributed by atoms with Crippen LogP contribution < -0.4 is 10.6 Å². The SMILES string of the molecule is CCCC(CC=O)CNCc1cnc(NC(=O)OCc2ccccc2)n1C. The summed E-state index contributed by atoms with van der Waals surface area (Å²) < 4.78 is 7.02. The van der Waals surface area contributed by atoms with Crippen molar-refractivity contribution in [1.29, 1.82) is 0 Å². The molecule has 146 valence electrons. The van der Waals surface area contributed by atoms with Gasteiger partial charge in [0.1, 0.15) is 12.9 Å². The number of ether oxygens (including phenoxy) is 1. The third kappa shape index (κ3) is 6.86. The first kappa shape index (κ1) is 20.6. The number of anilines is 1. The smallest absolute Gasteiger partial charge is 0.414 e. The van der Waals surface area contributed by atoms with E-state index in [2.05, 4.69) is 22.5 Å². The van der Waals surface area contributed by atoms with Crippen molar-refractivity contribution in [2.75, 3.05) is 11.9 Å². The minimum Gasteiger partial charge on any atom is -0.444 e. The number of benzene rings is 1. The summed E-state index contributed by atoms with van der Waals surface area (Å²) in [5.74, 6) is 0.786. The molecule has 1 heterocycles. The zero-order chi connectivity index (χ0) is 19.5. The van der Waals surface area contributed by atoms with E-state index in [4.69, 9.17) is 4.74 Å². The predicted molar refractivity (Wildman–Crippen MR) is 104 cm³/mol. The minimum absolute atomic E-state index is 0.209. The summed E-state index contributed by atoms with van der Waals surface area (Å²) in [6, 6.07) is 9.50. The van der Waals surface area contributed by atoms with E-state index in [0.717, 1.165) is 36.9 Å². The Labute approximate surface area is 160 Å². The van der Waals surface area contributed by atoms with Gasteiger partial charge in [0.25, 0.3) is 0 Å². The molecule has 0 fully saturated rings. The average molecular weight is 372 g/mol. The zero-order valence-electron chi connectivity index (χ0n) is 16.0. The molecule has 0 aliphatic heterocycles. The lowest BCUT2D eigenvalue weighted by atomic mass is 10.0. The largest absolute Gasteiger partial charge is 0.444 e. The number of rotatable bonds is 11. The molecule has 1 aromatic heterocycles. The van der Waals surface area contributed by atoms with E-state index in [1.807, 2.05) is 41.9 Å². The lowest BCUT2D eigenvalue weighted by Crippen LogP contribution is -2.24. The monoisotopic (exact) mass is 372 g/mol. The molecular formula is C20H28N4O3. The van der Waals surface area contributed by atoms with Crippen LogP contribution in [0.25, 0.3) is 0 Å². The van der Waals surface area contributed by atoms with E-state index >= 15 is 0 Å². The fraction of sp³-hybridized carbons (Fsp3) is 0.450. The van der Waals surface area contributed by atoms with Crippen molar-refractivity contribution in [3.8, 4) is 0 Å². The Hall–Kier alpha value is -2.67. The zero-order valence-corrected chi connectivity index (χ0v) is 16.0. The van der Waals surface area contributed by atoms with Crippen LogP contribution in [0.3, 0.4) is 0 Å². The molecule has 2 N–H and O–H groups in total. The van der Waals surface area contributed by atoms with Crippen molar-refractivity contribution in [2.45, 2.75) is 39.3 Å². The highest BCUT2D eigenvalue weighted by Crippen LogP contribution is 2.11. The standard InChI is InChI=1S/C20H28N4O3/c1-3-7-16(10-11-25)12-21-13-18-14-22-19(24(18)2)23-20(26)27-15-17-8-5-4-6-9-17/h4-6,8-9,11,14,16,21H,3,7,10,12-13,15H2,1-2H3,(H,22,23,26). The van der Waals surface area contributed by atoms with Gasteiger partial charge in [0, 0.05) is 20.0 Å². The molecule has 2 aromatic rings. The molecule has 1 unspecified atom stereocenters. The fourth-order valence-corrected chi connectivity index (χ4v) is 2.83. The number of hydrogen-bond donors (Lipinski definition) is 2. The maximum Gasteiger partial charge on any atom is 0.414 e. The van der Waals surface area contributed by atoms with E-state index in [9.17, 15) is 9.59 Å². The first-order chi connectivity index (χ1) is 13.1. The maximum absolute atomic E-state index is 12.0. The van der Waals surface area contributed by atoms with Crippen molar-refractivity contribution in [2.24, 2.45) is 13.0 Å². The van der Waals surface area contributed by atoms with Gasteiger partial charge in [-0.1, -0.05) is 43.7 Å². The second-order valence-corrected chi connectivity index (χ2v) is 6.51. The summed E-state index contributed by atoms with van der Waals surface area (Å²) in [7, 11) is 1.84. The molecule has 0 saturated heterocycles. The quantitative estimate of drug-likeness (QED) is 0.591. The van der Waals surface area contributed by atoms with E-state index in [1.165, 1.54) is 0 Å². The summed E-state index contributed by atoms with van der Waals surface area (Å²) in [6.45, 7) is 3.72. The summed E-state index contributed by atoms with van der Waals surface area (Å²) in [5.41, 5.74) is 1.86. The van der Waals surface area contributed by atoms with Crippen molar-refractivity contribution < 1.29 is 14.3 Å². The lowest BCUT2D eigenvalue weighted by molar-refractivity contribution is -0.108. The summed E-state index contributed by atoms with van der Waals surface area (Å²) in [6.07, 6.45) is 4.82. The van der Waals surface area contributed by atoms with Gasteiger partial charge < -0.3 is 19.4 Å². The Kier molecular flexibility index (Phi) is 8.51. The number of nitrogens with zero attached hydrogens (tertiary/aromatic N) is 2. The van der Waals surface area contributed by atoms with E-state index in [1.54, 1.807) is 6.20 Å². The second-order valence-electron chi connectivity index (χ2n) is 6.51. The molecule has 1 amide bonds. The summed E-state index contributed by atoms with van der Waals surface area (Å²) in [5, 5.41) is 6.02. The van der Waals surface area contributed by atoms with Gasteiger partial charge in [-0.2, -0.15) is 0 Å². The summed E-state index contributed by atoms with van der Waals surface area (Å²) in [4.78, 5) is 26.9. The Morgan fingerprint density at radius 1 is 1.33 bits per heavy atom. The highest BCUT2D eigenvalue weighted by Gasteiger charge is 2.12. The van der Waals surface area contributed by atoms with Gasteiger partial charge in [0.2, 0.25) is 5.95 Å². The van der Waals surface area contributed by atoms with E-state index < -0.39 is 6.09 Å². The first-order valence-corrected chi connectivity index (χ1v) is 9.26. The number of carbonyl (C=O) groups excluding carboxylic acids is 2. The number of aromatic nitrogens is 2. The van der Waals surface area contributed by atoms with Gasteiger partial charge in [0.15, 0.2) is 0 Å². The number of hydrogen-bond acceptors (Lipinski definition) is 5. The van der Waals surface area contributed by atoms with Gasteiger partial charge in [-0.25, -0.2) is 9.78 Å². The van der Waals surface area contributed by atoms with Crippen LogP contribution in [0.1, 0.15) is 37.4 Å². The first-order valence-electron chi connectivity index (χ1n) is 9.26. The van der Waals surface area contributed by atoms with Crippen molar-refractivity contribution in [1.82, 2.24) is 14.9 Å². The summed E-state index contributed by atoms with van der Waals surface area (Å²) >= 11 is 0. The minimum atomic E-state index is -0.541. The van der Waals surface area contributed by atoms with Crippen molar-refractivity contribution >= 4 is 18.3 Å². The number of imidazole rings is 1. The fourth-order valence-electron chi connectivity index (χ4n) is 2.83. The molecule has 0 aliphatic carbocycles. The van der Waals surface area contributed by atoms with Crippen molar-refractivity contribution in [3.63, 3.8) is 0 Å². The molecule has 0 aliphatic rings. The predicted octanol–water partition coefficient (Wildman–Crippen LogP) is 3.26. The van der Waals surface area contributed by atoms with Gasteiger partial charge in [-0.15, -0.1) is 0 Å². The topological polar surface area (TPSA) is 85.2 Å². The Morgan fingerprint density at radius 2 is 2.11 bits per heavy atom. The highest BCUT2D eigenvalue weighted by molar-refractivity contribution is 5.82. The van der Waals surface area contributed by atoms with Crippen LogP contribution in [0.15, 0.2) is 36.5 Å². The van der Waals surface area contributed by atoms with Crippen molar-refractivity contribution in [3.05, 3.63) is 47.8 Å². The van der Waals surface area contributed by atoms with Crippen LogP contribution in [-0.2, 0) is 29.7 Å². The third-order valence-corrected chi connectivity index (χ3v) is 4.38. The highest BCUT2D eigenvalue weighted by atomic mass is 16.5. The number of aldehydes is 1. The normalized spacial score (nSPS) is 11.8. The molecule has 7 heteroatoms. The van der Waals surface area contributed by atoms with Crippen LogP contribution in [0.2, 0.25) is 0 Å². The molecular weight excluding hydrogens is 344 g/mol. The lowest BCUT2D eigenvalue weighted by Gasteiger charge is -2.14. The van der Waals surface area contributed by atoms with Gasteiger partial charge >= 0.3 is 6.09 Å². The van der Waals surface area contributed by atoms with Crippen LogP contribution in [0.4, 0.5) is 10.7 Å². The van der Waals surface area contributed by atoms with Gasteiger partial charge in [0.05, 0.1) is 11.9 Å². The number of carbonyl (C=O) groups is 2. The molecule has 0 saturated carbocycles. The van der Waals surface area contributed by atoms with E-state index in [0.29, 0.717) is 24.8 Å². The number of nitrogens with one attached hydrogen (secondary N) is 2. The van der Waals surface area contributed by atoms with Gasteiger partial charge in [-0.3, -0.25) is 5.32 Å². The van der Waals surface area contributed by atoms with Crippen LogP contribution in [-0.4, -0.2) is 28.5 Å². The Balaban J connectivity index is 1.79. The molecule has 2 rings (SSSR count). The molecule has 7 nitrogen and oxygen atoms in total.